The van der Waals surface area contributed by atoms with E-state index in [4.69, 9.17) is 0 Å². The second-order valence-electron chi connectivity index (χ2n) is 5.02. The summed E-state index contributed by atoms with van der Waals surface area (Å²) < 4.78 is 1.91. The molecule has 0 spiro atoms. The van der Waals surface area contributed by atoms with Crippen molar-refractivity contribution in [3.63, 3.8) is 0 Å². The van der Waals surface area contributed by atoms with Crippen LogP contribution in [0.5, 0.6) is 0 Å². The van der Waals surface area contributed by atoms with E-state index in [0.717, 1.165) is 37.8 Å². The molecule has 1 aliphatic carbocycles. The predicted molar refractivity (Wildman–Crippen MR) is 61.0 cm³/mol. The quantitative estimate of drug-likeness (QED) is 0.826. The molecule has 4 nitrogen and oxygen atoms in total. The number of nitrogens with zero attached hydrogens (tertiary/aromatic N) is 3. The molecule has 0 aromatic carbocycles. The van der Waals surface area contributed by atoms with Crippen molar-refractivity contribution in [2.75, 3.05) is 13.1 Å². The number of aliphatic hydroxyl groups is 1. The lowest BCUT2D eigenvalue weighted by Gasteiger charge is -2.24. The fraction of sp³-hybridized carbons (Fsp3) is 0.750. The molecule has 1 saturated carbocycles. The number of hydrogen-bond acceptors (Lipinski definition) is 3. The summed E-state index contributed by atoms with van der Waals surface area (Å²) >= 11 is 0. The number of hydrogen-bond donors (Lipinski definition) is 1. The Labute approximate surface area is 95.9 Å². The third-order valence-electron chi connectivity index (χ3n) is 3.83. The molecule has 0 amide bonds. The average Bonchev–Trinajstić information content (AvgIpc) is 2.88. The van der Waals surface area contributed by atoms with Crippen molar-refractivity contribution in [2.24, 2.45) is 0 Å². The molecule has 1 aliphatic heterocycles. The fourth-order valence-corrected chi connectivity index (χ4v) is 2.76. The zero-order valence-electron chi connectivity index (χ0n) is 9.76. The Kier molecular flexibility index (Phi) is 2.30. The first-order valence-electron chi connectivity index (χ1n) is 6.22. The molecule has 0 radical (unpaired) electrons. The van der Waals surface area contributed by atoms with Crippen molar-refractivity contribution in [2.45, 2.75) is 44.4 Å². The van der Waals surface area contributed by atoms with Crippen LogP contribution in [0.1, 0.15) is 31.9 Å². The normalized spacial score (nSPS) is 31.1. The van der Waals surface area contributed by atoms with Crippen LogP contribution in [-0.4, -0.2) is 38.9 Å². The third kappa shape index (κ3) is 1.57. The van der Waals surface area contributed by atoms with Crippen LogP contribution in [0, 0.1) is 0 Å². The zero-order valence-corrected chi connectivity index (χ0v) is 9.76. The van der Waals surface area contributed by atoms with Crippen LogP contribution in [0.25, 0.3) is 0 Å². The van der Waals surface area contributed by atoms with E-state index in [-0.39, 0.29) is 0 Å². The van der Waals surface area contributed by atoms with Gasteiger partial charge in [0.15, 0.2) is 0 Å². The molecule has 3 rings (SSSR count). The lowest BCUT2D eigenvalue weighted by molar-refractivity contribution is 0.0362. The van der Waals surface area contributed by atoms with Gasteiger partial charge in [-0.3, -0.25) is 9.58 Å². The molecular weight excluding hydrogens is 202 g/mol. The molecular formula is C12H19N3O. The molecule has 1 saturated heterocycles. The van der Waals surface area contributed by atoms with Crippen molar-refractivity contribution in [1.82, 2.24) is 14.7 Å². The predicted octanol–water partition coefficient (Wildman–Crippen LogP) is 0.959. The molecule has 2 fully saturated rings. The lowest BCUT2D eigenvalue weighted by atomic mass is 9.99. The first-order chi connectivity index (χ1) is 7.73. The molecule has 1 aromatic rings. The van der Waals surface area contributed by atoms with Gasteiger partial charge in [-0.15, -0.1) is 0 Å². The van der Waals surface area contributed by atoms with Crippen LogP contribution in [0.4, 0.5) is 0 Å². The lowest BCUT2D eigenvalue weighted by Crippen LogP contribution is -2.33. The standard InChI is InChI=1S/C12H19N3O/c1-2-15-11(5-7-13-15)12(16)6-8-14(9-12)10-3-4-10/h5,7,10,16H,2-4,6,8-9H2,1H3. The van der Waals surface area contributed by atoms with Crippen LogP contribution in [0.15, 0.2) is 12.3 Å². The summed E-state index contributed by atoms with van der Waals surface area (Å²) in [4.78, 5) is 2.42. The van der Waals surface area contributed by atoms with Crippen LogP contribution in [-0.2, 0) is 12.1 Å². The number of aromatic nitrogens is 2. The first-order valence-corrected chi connectivity index (χ1v) is 6.22. The van der Waals surface area contributed by atoms with Gasteiger partial charge >= 0.3 is 0 Å². The Morgan fingerprint density at radius 1 is 1.56 bits per heavy atom. The molecule has 1 unspecified atom stereocenters. The molecule has 2 aliphatic rings. The SMILES string of the molecule is CCn1nccc1C1(O)CCN(C2CC2)C1. The summed E-state index contributed by atoms with van der Waals surface area (Å²) in [7, 11) is 0. The molecule has 2 heterocycles. The maximum atomic E-state index is 10.7. The maximum Gasteiger partial charge on any atom is 0.120 e. The summed E-state index contributed by atoms with van der Waals surface area (Å²) in [6.45, 7) is 4.70. The molecule has 1 aromatic heterocycles. The Balaban J connectivity index is 1.82. The van der Waals surface area contributed by atoms with Gasteiger partial charge < -0.3 is 5.11 Å². The summed E-state index contributed by atoms with van der Waals surface area (Å²) in [5, 5.41) is 15.0. The van der Waals surface area contributed by atoms with Gasteiger partial charge in [-0.1, -0.05) is 0 Å². The minimum atomic E-state index is -0.672. The van der Waals surface area contributed by atoms with Crippen molar-refractivity contribution in [1.29, 1.82) is 0 Å². The topological polar surface area (TPSA) is 41.3 Å². The van der Waals surface area contributed by atoms with Crippen molar-refractivity contribution in [3.05, 3.63) is 18.0 Å². The Morgan fingerprint density at radius 2 is 2.38 bits per heavy atom. The van der Waals surface area contributed by atoms with E-state index < -0.39 is 5.60 Å². The number of rotatable bonds is 3. The van der Waals surface area contributed by atoms with E-state index in [1.807, 2.05) is 10.7 Å². The molecule has 0 bridgehead atoms. The molecule has 4 heteroatoms. The summed E-state index contributed by atoms with van der Waals surface area (Å²) in [5.41, 5.74) is 0.313. The smallest absolute Gasteiger partial charge is 0.120 e. The summed E-state index contributed by atoms with van der Waals surface area (Å²) in [6.07, 6.45) is 5.25. The highest BCUT2D eigenvalue weighted by Gasteiger charge is 2.44. The van der Waals surface area contributed by atoms with Crippen LogP contribution >= 0.6 is 0 Å². The van der Waals surface area contributed by atoms with Crippen molar-refractivity contribution < 1.29 is 5.11 Å². The molecule has 16 heavy (non-hydrogen) atoms. The Morgan fingerprint density at radius 3 is 3.06 bits per heavy atom. The minimum absolute atomic E-state index is 0.672. The van der Waals surface area contributed by atoms with E-state index in [1.165, 1.54) is 12.8 Å². The van der Waals surface area contributed by atoms with Gasteiger partial charge in [0.05, 0.1) is 5.69 Å². The van der Waals surface area contributed by atoms with E-state index in [1.54, 1.807) is 6.20 Å². The molecule has 1 N–H and O–H groups in total. The van der Waals surface area contributed by atoms with E-state index >= 15 is 0 Å². The highest BCUT2D eigenvalue weighted by Crippen LogP contribution is 2.38. The first kappa shape index (κ1) is 10.3. The summed E-state index contributed by atoms with van der Waals surface area (Å²) in [6, 6.07) is 2.70. The second kappa shape index (κ2) is 3.57. The van der Waals surface area contributed by atoms with E-state index in [0.29, 0.717) is 0 Å². The minimum Gasteiger partial charge on any atom is -0.382 e. The molecule has 88 valence electrons. The van der Waals surface area contributed by atoms with Gasteiger partial charge in [0, 0.05) is 31.9 Å². The highest BCUT2D eigenvalue weighted by atomic mass is 16.3. The zero-order chi connectivity index (χ0) is 11.2. The van der Waals surface area contributed by atoms with Gasteiger partial charge in [-0.05, 0) is 32.3 Å². The van der Waals surface area contributed by atoms with Gasteiger partial charge in [-0.2, -0.15) is 5.10 Å². The van der Waals surface area contributed by atoms with Gasteiger partial charge in [0.1, 0.15) is 5.60 Å². The van der Waals surface area contributed by atoms with Crippen LogP contribution < -0.4 is 0 Å². The van der Waals surface area contributed by atoms with Crippen molar-refractivity contribution >= 4 is 0 Å². The van der Waals surface area contributed by atoms with Crippen LogP contribution in [0.3, 0.4) is 0 Å². The Hall–Kier alpha value is -0.870. The monoisotopic (exact) mass is 221 g/mol. The average molecular weight is 221 g/mol. The third-order valence-corrected chi connectivity index (χ3v) is 3.83. The van der Waals surface area contributed by atoms with Gasteiger partial charge in [0.25, 0.3) is 0 Å². The van der Waals surface area contributed by atoms with Crippen LogP contribution in [0.2, 0.25) is 0 Å². The van der Waals surface area contributed by atoms with Gasteiger partial charge in [0.2, 0.25) is 0 Å². The second-order valence-corrected chi connectivity index (χ2v) is 5.02. The van der Waals surface area contributed by atoms with E-state index in [9.17, 15) is 5.11 Å². The summed E-state index contributed by atoms with van der Waals surface area (Å²) in [5.74, 6) is 0. The highest BCUT2D eigenvalue weighted by molar-refractivity contribution is 5.16. The maximum absolute atomic E-state index is 10.7. The van der Waals surface area contributed by atoms with E-state index in [2.05, 4.69) is 16.9 Å². The number of aryl methyl sites for hydroxylation is 1. The van der Waals surface area contributed by atoms with Gasteiger partial charge in [-0.25, -0.2) is 0 Å². The number of likely N-dealkylation sites (tertiary alicyclic amines) is 1. The molecule has 1 atom stereocenters. The fourth-order valence-electron chi connectivity index (χ4n) is 2.76. The largest absolute Gasteiger partial charge is 0.382 e. The Bertz CT molecular complexity index is 385. The van der Waals surface area contributed by atoms with Crippen molar-refractivity contribution in [3.8, 4) is 0 Å². The number of β-amino-alcohol motifs (C(OH)–C–C–N with tert-alkyl or cyclic N) is 1.